The molecule has 1 aliphatic heterocycles. The van der Waals surface area contributed by atoms with Gasteiger partial charge < -0.3 is 19.7 Å². The van der Waals surface area contributed by atoms with Crippen molar-refractivity contribution in [3.05, 3.63) is 58.9 Å². The molecule has 0 radical (unpaired) electrons. The van der Waals surface area contributed by atoms with Gasteiger partial charge >= 0.3 is 6.03 Å². The lowest BCUT2D eigenvalue weighted by atomic mass is 10.2. The van der Waals surface area contributed by atoms with Crippen LogP contribution in [0.3, 0.4) is 0 Å². The molecule has 0 saturated heterocycles. The fourth-order valence-electron chi connectivity index (χ4n) is 3.69. The Morgan fingerprint density at radius 1 is 1.16 bits per heavy atom. The number of hydrogen-bond donors (Lipinski definition) is 1. The summed E-state index contributed by atoms with van der Waals surface area (Å²) in [6.45, 7) is 1.01. The van der Waals surface area contributed by atoms with E-state index in [0.717, 1.165) is 21.1 Å². The molecule has 0 spiro atoms. The van der Waals surface area contributed by atoms with Crippen LogP contribution in [0.15, 0.2) is 42.5 Å². The van der Waals surface area contributed by atoms with Crippen LogP contribution in [-0.2, 0) is 13.0 Å². The lowest BCUT2D eigenvalue weighted by molar-refractivity contribution is 0.206. The minimum absolute atomic E-state index is 0.215. The molecule has 5 rings (SSSR count). The Kier molecular flexibility index (Phi) is 5.14. The van der Waals surface area contributed by atoms with Crippen LogP contribution in [0.25, 0.3) is 16.3 Å². The number of nitrogens with zero attached hydrogens (tertiary/aromatic N) is 4. The Labute approximate surface area is 187 Å². The molecule has 2 amide bonds. The number of fused-ring (bicyclic) bond motifs is 3. The molecule has 0 unspecified atom stereocenters. The van der Waals surface area contributed by atoms with Gasteiger partial charge in [-0.05, 0) is 36.4 Å². The molecule has 1 N–H and O–H groups in total. The number of urea groups is 1. The van der Waals surface area contributed by atoms with Crippen LogP contribution >= 0.6 is 11.3 Å². The average molecular weight is 453 g/mol. The number of rotatable bonds is 4. The maximum Gasteiger partial charge on any atom is 0.322 e. The van der Waals surface area contributed by atoms with Gasteiger partial charge in [-0.15, -0.1) is 5.10 Å². The zero-order valence-corrected chi connectivity index (χ0v) is 18.3. The first-order valence-electron chi connectivity index (χ1n) is 9.97. The molecule has 0 bridgehead atoms. The van der Waals surface area contributed by atoms with E-state index in [2.05, 4.69) is 15.4 Å². The molecule has 32 heavy (non-hydrogen) atoms. The standard InChI is InChI=1S/C22H20FN5O3S/c1-30-15-7-8-18(31-2)16(11-15)24-21(29)27-10-9-17-19(12-27)32-22-25-20(26-28(17)22)13-3-5-14(23)6-4-13/h3-8,11H,9-10,12H2,1-2H3,(H,24,29). The second-order valence-electron chi connectivity index (χ2n) is 7.28. The Hall–Kier alpha value is -3.66. The van der Waals surface area contributed by atoms with Gasteiger partial charge in [0.25, 0.3) is 0 Å². The van der Waals surface area contributed by atoms with E-state index in [1.54, 1.807) is 49.5 Å². The Morgan fingerprint density at radius 3 is 2.72 bits per heavy atom. The van der Waals surface area contributed by atoms with E-state index in [1.807, 2.05) is 4.52 Å². The molecule has 1 aliphatic rings. The highest BCUT2D eigenvalue weighted by atomic mass is 32.1. The van der Waals surface area contributed by atoms with Gasteiger partial charge in [0.15, 0.2) is 5.82 Å². The van der Waals surface area contributed by atoms with Crippen LogP contribution in [-0.4, -0.2) is 46.3 Å². The van der Waals surface area contributed by atoms with Gasteiger partial charge in [-0.25, -0.2) is 13.7 Å². The molecule has 0 fully saturated rings. The topological polar surface area (TPSA) is 81.0 Å². The van der Waals surface area contributed by atoms with Crippen molar-refractivity contribution in [1.29, 1.82) is 0 Å². The predicted octanol–water partition coefficient (Wildman–Crippen LogP) is 4.20. The fourth-order valence-corrected chi connectivity index (χ4v) is 4.81. The number of aromatic nitrogens is 3. The third kappa shape index (κ3) is 3.62. The van der Waals surface area contributed by atoms with Crippen LogP contribution in [0.1, 0.15) is 10.6 Å². The van der Waals surface area contributed by atoms with Crippen molar-refractivity contribution in [2.24, 2.45) is 0 Å². The number of amides is 2. The number of benzene rings is 2. The first kappa shape index (κ1) is 20.3. The molecule has 2 aromatic carbocycles. The number of carbonyl (C=O) groups excluding carboxylic acids is 1. The maximum absolute atomic E-state index is 13.2. The minimum Gasteiger partial charge on any atom is -0.497 e. The molecule has 3 heterocycles. The second-order valence-corrected chi connectivity index (χ2v) is 8.34. The molecule has 0 atom stereocenters. The van der Waals surface area contributed by atoms with Gasteiger partial charge in [0, 0.05) is 29.5 Å². The maximum atomic E-state index is 13.2. The Morgan fingerprint density at radius 2 is 1.97 bits per heavy atom. The molecule has 0 aliphatic carbocycles. The summed E-state index contributed by atoms with van der Waals surface area (Å²) in [6.07, 6.45) is 0.657. The third-order valence-electron chi connectivity index (χ3n) is 5.36. The van der Waals surface area contributed by atoms with Gasteiger partial charge in [-0.2, -0.15) is 4.98 Å². The van der Waals surface area contributed by atoms with Crippen LogP contribution in [0, 0.1) is 5.82 Å². The smallest absolute Gasteiger partial charge is 0.322 e. The van der Waals surface area contributed by atoms with Crippen molar-refractivity contribution < 1.29 is 18.7 Å². The number of hydrogen-bond acceptors (Lipinski definition) is 6. The van der Waals surface area contributed by atoms with E-state index < -0.39 is 0 Å². The number of ether oxygens (including phenoxy) is 2. The molecule has 2 aromatic heterocycles. The second kappa shape index (κ2) is 8.12. The highest BCUT2D eigenvalue weighted by molar-refractivity contribution is 7.17. The van der Waals surface area contributed by atoms with Crippen LogP contribution in [0.5, 0.6) is 11.5 Å². The van der Waals surface area contributed by atoms with E-state index in [4.69, 9.17) is 9.47 Å². The first-order chi connectivity index (χ1) is 15.6. The summed E-state index contributed by atoms with van der Waals surface area (Å²) >= 11 is 1.51. The van der Waals surface area contributed by atoms with E-state index >= 15 is 0 Å². The van der Waals surface area contributed by atoms with Crippen molar-refractivity contribution in [2.75, 3.05) is 26.1 Å². The SMILES string of the molecule is COc1ccc(OC)c(NC(=O)N2CCc3c(sc4nc(-c5ccc(F)cc5)nn34)C2)c1. The molecule has 10 heteroatoms. The lowest BCUT2D eigenvalue weighted by Gasteiger charge is -2.27. The number of nitrogens with one attached hydrogen (secondary N) is 1. The van der Waals surface area contributed by atoms with Crippen LogP contribution < -0.4 is 14.8 Å². The van der Waals surface area contributed by atoms with Crippen molar-refractivity contribution >= 4 is 28.0 Å². The third-order valence-corrected chi connectivity index (χ3v) is 6.42. The summed E-state index contributed by atoms with van der Waals surface area (Å²) in [5, 5.41) is 7.53. The van der Waals surface area contributed by atoms with E-state index in [1.165, 1.54) is 23.5 Å². The number of methoxy groups -OCH3 is 2. The van der Waals surface area contributed by atoms with Crippen molar-refractivity contribution in [3.8, 4) is 22.9 Å². The van der Waals surface area contributed by atoms with Crippen LogP contribution in [0.4, 0.5) is 14.9 Å². The van der Waals surface area contributed by atoms with E-state index in [0.29, 0.717) is 42.5 Å². The largest absolute Gasteiger partial charge is 0.497 e. The predicted molar refractivity (Wildman–Crippen MR) is 119 cm³/mol. The zero-order valence-electron chi connectivity index (χ0n) is 17.5. The average Bonchev–Trinajstić information content (AvgIpc) is 3.37. The van der Waals surface area contributed by atoms with Gasteiger partial charge in [0.05, 0.1) is 32.1 Å². The zero-order chi connectivity index (χ0) is 22.2. The summed E-state index contributed by atoms with van der Waals surface area (Å²) in [5.74, 6) is 1.45. The van der Waals surface area contributed by atoms with E-state index in [-0.39, 0.29) is 11.8 Å². The first-order valence-corrected chi connectivity index (χ1v) is 10.8. The molecule has 4 aromatic rings. The molecule has 8 nitrogen and oxygen atoms in total. The summed E-state index contributed by atoms with van der Waals surface area (Å²) in [7, 11) is 3.13. The Bertz CT molecular complexity index is 1300. The van der Waals surface area contributed by atoms with Crippen LogP contribution in [0.2, 0.25) is 0 Å². The van der Waals surface area contributed by atoms with Gasteiger partial charge in [0.2, 0.25) is 4.96 Å². The molecule has 0 saturated carbocycles. The highest BCUT2D eigenvalue weighted by Gasteiger charge is 2.27. The van der Waals surface area contributed by atoms with E-state index in [9.17, 15) is 9.18 Å². The van der Waals surface area contributed by atoms with Gasteiger partial charge in [0.1, 0.15) is 17.3 Å². The molecular formula is C22H20FN5O3S. The number of halogens is 1. The molecular weight excluding hydrogens is 433 g/mol. The minimum atomic E-state index is -0.294. The summed E-state index contributed by atoms with van der Waals surface area (Å²) < 4.78 is 25.6. The number of anilines is 1. The molecule has 164 valence electrons. The van der Waals surface area contributed by atoms with Crippen molar-refractivity contribution in [1.82, 2.24) is 19.5 Å². The van der Waals surface area contributed by atoms with Gasteiger partial charge in [-0.3, -0.25) is 0 Å². The van der Waals surface area contributed by atoms with Gasteiger partial charge in [-0.1, -0.05) is 11.3 Å². The summed E-state index contributed by atoms with van der Waals surface area (Å²) in [6, 6.07) is 11.2. The quantitative estimate of drug-likeness (QED) is 0.501. The highest BCUT2D eigenvalue weighted by Crippen LogP contribution is 2.32. The normalized spacial score (nSPS) is 13.2. The lowest BCUT2D eigenvalue weighted by Crippen LogP contribution is -2.38. The summed E-state index contributed by atoms with van der Waals surface area (Å²) in [4.78, 5) is 21.1. The fraction of sp³-hybridized carbons (Fsp3) is 0.227. The summed E-state index contributed by atoms with van der Waals surface area (Å²) in [5.41, 5.74) is 2.36. The van der Waals surface area contributed by atoms with Crippen molar-refractivity contribution in [3.63, 3.8) is 0 Å². The number of carbonyl (C=O) groups is 1. The Balaban J connectivity index is 1.35. The van der Waals surface area contributed by atoms with Crippen molar-refractivity contribution in [2.45, 2.75) is 13.0 Å². The number of thiazole rings is 1. The monoisotopic (exact) mass is 453 g/mol.